The number of aliphatic hydroxyl groups is 1. The molecule has 0 aromatic carbocycles. The lowest BCUT2D eigenvalue weighted by Crippen LogP contribution is -2.25. The van der Waals surface area contributed by atoms with Crippen LogP contribution in [0.1, 0.15) is 207 Å². The van der Waals surface area contributed by atoms with Gasteiger partial charge in [0.25, 0.3) is 0 Å². The first-order valence-corrected chi connectivity index (χ1v) is 19.0. The second kappa shape index (κ2) is 33.8. The van der Waals surface area contributed by atoms with Crippen LogP contribution in [-0.2, 0) is 19.1 Å². The Morgan fingerprint density at radius 3 is 1.12 bits per heavy atom. The Labute approximate surface area is 268 Å². The van der Waals surface area contributed by atoms with E-state index in [4.69, 9.17) is 9.47 Å². The zero-order valence-electron chi connectivity index (χ0n) is 29.2. The number of unbranched alkanes of at least 4 members (excludes halogenated alkanes) is 23. The van der Waals surface area contributed by atoms with Crippen molar-refractivity contribution < 1.29 is 24.2 Å². The van der Waals surface area contributed by atoms with E-state index >= 15 is 0 Å². The van der Waals surface area contributed by atoms with E-state index < -0.39 is 6.10 Å². The van der Waals surface area contributed by atoms with Gasteiger partial charge in [0.2, 0.25) is 0 Å². The quantitative estimate of drug-likeness (QED) is 0.0579. The molecule has 0 heterocycles. The first-order valence-electron chi connectivity index (χ1n) is 19.0. The van der Waals surface area contributed by atoms with Crippen molar-refractivity contribution >= 4 is 11.9 Å². The van der Waals surface area contributed by atoms with Crippen LogP contribution in [0.4, 0.5) is 0 Å². The van der Waals surface area contributed by atoms with Gasteiger partial charge < -0.3 is 14.6 Å². The standard InChI is InChI=1S/C38H74O5/c1-4-6-7-8-9-10-11-12-13-14-15-16-17-18-22-25-28-31-37(40)42-33-36(39)34-43-38(41)32-29-26-23-20-19-21-24-27-30-35(3)5-2/h35-36,39H,4-34H2,1-3H3/t35?,36-/m1/s1. The van der Waals surface area contributed by atoms with Crippen LogP contribution in [0.25, 0.3) is 0 Å². The van der Waals surface area contributed by atoms with Gasteiger partial charge in [-0.15, -0.1) is 0 Å². The Hall–Kier alpha value is -1.10. The summed E-state index contributed by atoms with van der Waals surface area (Å²) in [6, 6.07) is 0. The van der Waals surface area contributed by atoms with Crippen LogP contribution in [-0.4, -0.2) is 36.4 Å². The van der Waals surface area contributed by atoms with Crippen LogP contribution in [0.2, 0.25) is 0 Å². The molecular formula is C38H74O5. The first kappa shape index (κ1) is 41.9. The second-order valence-corrected chi connectivity index (χ2v) is 13.3. The van der Waals surface area contributed by atoms with Gasteiger partial charge in [-0.3, -0.25) is 9.59 Å². The van der Waals surface area contributed by atoms with E-state index in [2.05, 4.69) is 20.8 Å². The van der Waals surface area contributed by atoms with Gasteiger partial charge in [0.15, 0.2) is 0 Å². The highest BCUT2D eigenvalue weighted by molar-refractivity contribution is 5.69. The molecule has 1 N–H and O–H groups in total. The fraction of sp³-hybridized carbons (Fsp3) is 0.947. The molecule has 5 heteroatoms. The van der Waals surface area contributed by atoms with E-state index in [1.807, 2.05) is 0 Å². The van der Waals surface area contributed by atoms with Gasteiger partial charge >= 0.3 is 11.9 Å². The van der Waals surface area contributed by atoms with Gasteiger partial charge in [-0.25, -0.2) is 0 Å². The normalized spacial score (nSPS) is 12.7. The number of ether oxygens (including phenoxy) is 2. The zero-order valence-corrected chi connectivity index (χ0v) is 29.2. The van der Waals surface area contributed by atoms with Crippen molar-refractivity contribution in [2.45, 2.75) is 213 Å². The molecular weight excluding hydrogens is 536 g/mol. The predicted octanol–water partition coefficient (Wildman–Crippen LogP) is 11.4. The summed E-state index contributed by atoms with van der Waals surface area (Å²) in [7, 11) is 0. The van der Waals surface area contributed by atoms with Gasteiger partial charge in [-0.05, 0) is 18.8 Å². The van der Waals surface area contributed by atoms with Crippen LogP contribution in [0.15, 0.2) is 0 Å². The number of carbonyl (C=O) groups is 2. The topological polar surface area (TPSA) is 72.8 Å². The van der Waals surface area contributed by atoms with Crippen LogP contribution in [0.5, 0.6) is 0 Å². The fourth-order valence-electron chi connectivity index (χ4n) is 5.59. The van der Waals surface area contributed by atoms with Crippen LogP contribution < -0.4 is 0 Å². The molecule has 256 valence electrons. The molecule has 1 unspecified atom stereocenters. The molecule has 0 aliphatic rings. The summed E-state index contributed by atoms with van der Waals surface area (Å²) in [5.41, 5.74) is 0. The predicted molar refractivity (Wildman–Crippen MR) is 182 cm³/mol. The van der Waals surface area contributed by atoms with Crippen molar-refractivity contribution in [1.82, 2.24) is 0 Å². The maximum absolute atomic E-state index is 11.9. The van der Waals surface area contributed by atoms with Crippen molar-refractivity contribution in [3.8, 4) is 0 Å². The van der Waals surface area contributed by atoms with Crippen molar-refractivity contribution in [2.24, 2.45) is 5.92 Å². The smallest absolute Gasteiger partial charge is 0.305 e. The number of rotatable bonds is 34. The Morgan fingerprint density at radius 2 is 0.791 bits per heavy atom. The maximum atomic E-state index is 11.9. The summed E-state index contributed by atoms with van der Waals surface area (Å²) in [6.45, 7) is 6.66. The second-order valence-electron chi connectivity index (χ2n) is 13.3. The minimum Gasteiger partial charge on any atom is -0.463 e. The average molecular weight is 611 g/mol. The third-order valence-corrected chi connectivity index (χ3v) is 8.88. The molecule has 0 aromatic heterocycles. The van der Waals surface area contributed by atoms with Crippen molar-refractivity contribution in [2.75, 3.05) is 13.2 Å². The van der Waals surface area contributed by atoms with Gasteiger partial charge in [-0.1, -0.05) is 181 Å². The van der Waals surface area contributed by atoms with Crippen molar-refractivity contribution in [3.63, 3.8) is 0 Å². The van der Waals surface area contributed by atoms with E-state index in [0.717, 1.165) is 38.0 Å². The minimum atomic E-state index is -0.955. The molecule has 0 bridgehead atoms. The Balaban J connectivity index is 3.39. The molecule has 0 spiro atoms. The maximum Gasteiger partial charge on any atom is 0.305 e. The lowest BCUT2D eigenvalue weighted by atomic mass is 9.99. The average Bonchev–Trinajstić information content (AvgIpc) is 3.01. The Bertz CT molecular complexity index is 593. The molecule has 0 saturated carbocycles. The van der Waals surface area contributed by atoms with Gasteiger partial charge in [0, 0.05) is 12.8 Å². The van der Waals surface area contributed by atoms with Crippen LogP contribution in [0, 0.1) is 5.92 Å². The largest absolute Gasteiger partial charge is 0.463 e. The molecule has 2 atom stereocenters. The molecule has 0 fully saturated rings. The Morgan fingerprint density at radius 1 is 0.488 bits per heavy atom. The summed E-state index contributed by atoms with van der Waals surface area (Å²) < 4.78 is 10.3. The lowest BCUT2D eigenvalue weighted by molar-refractivity contribution is -0.152. The first-order chi connectivity index (χ1) is 21.0. The molecule has 0 amide bonds. The number of carbonyl (C=O) groups excluding carboxylic acids is 2. The van der Waals surface area contributed by atoms with Gasteiger partial charge in [-0.2, -0.15) is 0 Å². The highest BCUT2D eigenvalue weighted by atomic mass is 16.6. The molecule has 5 nitrogen and oxygen atoms in total. The number of aliphatic hydroxyl groups excluding tert-OH is 1. The van der Waals surface area contributed by atoms with Crippen LogP contribution >= 0.6 is 0 Å². The Kier molecular flexibility index (Phi) is 32.9. The van der Waals surface area contributed by atoms with E-state index in [-0.39, 0.29) is 25.2 Å². The summed E-state index contributed by atoms with van der Waals surface area (Å²) >= 11 is 0. The number of hydrogen-bond donors (Lipinski definition) is 1. The highest BCUT2D eigenvalue weighted by Gasteiger charge is 2.12. The summed E-state index contributed by atoms with van der Waals surface area (Å²) in [5, 5.41) is 9.99. The van der Waals surface area contributed by atoms with Crippen LogP contribution in [0.3, 0.4) is 0 Å². The molecule has 0 aliphatic carbocycles. The zero-order chi connectivity index (χ0) is 31.6. The third kappa shape index (κ3) is 33.6. The summed E-state index contributed by atoms with van der Waals surface area (Å²) in [6.07, 6.45) is 34.4. The minimum absolute atomic E-state index is 0.109. The van der Waals surface area contributed by atoms with E-state index in [1.54, 1.807) is 0 Å². The summed E-state index contributed by atoms with van der Waals surface area (Å²) in [4.78, 5) is 23.9. The third-order valence-electron chi connectivity index (χ3n) is 8.88. The van der Waals surface area contributed by atoms with E-state index in [0.29, 0.717) is 12.8 Å². The number of esters is 2. The molecule has 0 rings (SSSR count). The molecule has 43 heavy (non-hydrogen) atoms. The highest BCUT2D eigenvalue weighted by Crippen LogP contribution is 2.16. The van der Waals surface area contributed by atoms with Gasteiger partial charge in [0.1, 0.15) is 19.3 Å². The van der Waals surface area contributed by atoms with Crippen molar-refractivity contribution in [3.05, 3.63) is 0 Å². The molecule has 0 saturated heterocycles. The lowest BCUT2D eigenvalue weighted by Gasteiger charge is -2.12. The molecule has 0 aromatic rings. The SMILES string of the molecule is CCCCCCCCCCCCCCCCCCCC(=O)OC[C@@H](O)COC(=O)CCCCCCCCCCC(C)CC. The van der Waals surface area contributed by atoms with Crippen molar-refractivity contribution in [1.29, 1.82) is 0 Å². The fourth-order valence-corrected chi connectivity index (χ4v) is 5.59. The van der Waals surface area contributed by atoms with Gasteiger partial charge in [0.05, 0.1) is 0 Å². The van der Waals surface area contributed by atoms with E-state index in [1.165, 1.54) is 141 Å². The summed E-state index contributed by atoms with van der Waals surface area (Å²) in [5.74, 6) is 0.306. The molecule has 0 radical (unpaired) electrons. The number of hydrogen-bond acceptors (Lipinski definition) is 5. The van der Waals surface area contributed by atoms with E-state index in [9.17, 15) is 14.7 Å². The molecule has 0 aliphatic heterocycles. The monoisotopic (exact) mass is 611 g/mol.